The summed E-state index contributed by atoms with van der Waals surface area (Å²) < 4.78 is 41.8. The Balaban J connectivity index is 2.16. The number of ether oxygens (including phenoxy) is 1. The second kappa shape index (κ2) is 6.03. The second-order valence-electron chi connectivity index (χ2n) is 6.29. The standard InChI is InChI=1S/C18H18FNO3S/c1-11-8-14(20-24(21)22)9-16-17(11)15(10-18(2,3)23-16)12-4-6-13(19)7-5-12/h4-10,20H,1-3H3,(H,21,22). The number of anilines is 1. The molecule has 0 aromatic heterocycles. The molecule has 2 aromatic carbocycles. The minimum atomic E-state index is -2.15. The minimum Gasteiger partial charge on any atom is -0.483 e. The molecule has 0 saturated carbocycles. The van der Waals surface area contributed by atoms with Gasteiger partial charge in [0.25, 0.3) is 11.3 Å². The Morgan fingerprint density at radius 2 is 1.88 bits per heavy atom. The third-order valence-corrected chi connectivity index (χ3v) is 4.20. The van der Waals surface area contributed by atoms with Crippen molar-refractivity contribution in [2.75, 3.05) is 4.72 Å². The topological polar surface area (TPSA) is 58.6 Å². The number of rotatable bonds is 3. The average Bonchev–Trinajstić information content (AvgIpc) is 2.44. The number of hydrogen-bond donors (Lipinski definition) is 2. The van der Waals surface area contributed by atoms with Crippen LogP contribution in [0.5, 0.6) is 5.75 Å². The molecule has 3 rings (SSSR count). The number of nitrogens with one attached hydrogen (secondary N) is 1. The van der Waals surface area contributed by atoms with Crippen molar-refractivity contribution in [1.82, 2.24) is 0 Å². The first kappa shape index (κ1) is 16.7. The lowest BCUT2D eigenvalue weighted by Crippen LogP contribution is -2.29. The summed E-state index contributed by atoms with van der Waals surface area (Å²) in [4.78, 5) is 0. The first-order valence-electron chi connectivity index (χ1n) is 7.45. The highest BCUT2D eigenvalue weighted by Gasteiger charge is 2.29. The smallest absolute Gasteiger partial charge is 0.259 e. The third kappa shape index (κ3) is 3.34. The van der Waals surface area contributed by atoms with Gasteiger partial charge in [-0.25, -0.2) is 8.60 Å². The monoisotopic (exact) mass is 347 g/mol. The predicted octanol–water partition coefficient (Wildman–Crippen LogP) is 4.29. The van der Waals surface area contributed by atoms with Gasteiger partial charge in [-0.1, -0.05) is 12.1 Å². The van der Waals surface area contributed by atoms with E-state index in [0.29, 0.717) is 11.4 Å². The van der Waals surface area contributed by atoms with E-state index in [1.54, 1.807) is 24.3 Å². The van der Waals surface area contributed by atoms with Gasteiger partial charge in [0.15, 0.2) is 0 Å². The predicted molar refractivity (Wildman–Crippen MR) is 93.8 cm³/mol. The van der Waals surface area contributed by atoms with E-state index in [1.807, 2.05) is 26.8 Å². The number of aryl methyl sites for hydroxylation is 1. The van der Waals surface area contributed by atoms with E-state index in [1.165, 1.54) is 12.1 Å². The van der Waals surface area contributed by atoms with Crippen molar-refractivity contribution < 1.29 is 17.9 Å². The summed E-state index contributed by atoms with van der Waals surface area (Å²) in [5.74, 6) is 0.336. The van der Waals surface area contributed by atoms with Crippen molar-refractivity contribution in [3.05, 3.63) is 65.0 Å². The average molecular weight is 347 g/mol. The van der Waals surface area contributed by atoms with Crippen LogP contribution >= 0.6 is 0 Å². The summed E-state index contributed by atoms with van der Waals surface area (Å²) in [5, 5.41) is 0. The van der Waals surface area contributed by atoms with Crippen LogP contribution in [0.25, 0.3) is 5.57 Å². The van der Waals surface area contributed by atoms with Gasteiger partial charge in [0, 0.05) is 11.6 Å². The van der Waals surface area contributed by atoms with Crippen molar-refractivity contribution in [2.45, 2.75) is 26.4 Å². The molecule has 1 aliphatic rings. The van der Waals surface area contributed by atoms with Crippen molar-refractivity contribution >= 4 is 22.5 Å². The summed E-state index contributed by atoms with van der Waals surface area (Å²) in [5.41, 5.74) is 3.59. The van der Waals surface area contributed by atoms with Crippen LogP contribution in [-0.4, -0.2) is 14.4 Å². The van der Waals surface area contributed by atoms with Gasteiger partial charge in [-0.2, -0.15) is 0 Å². The summed E-state index contributed by atoms with van der Waals surface area (Å²) in [6.45, 7) is 5.77. The lowest BCUT2D eigenvalue weighted by molar-refractivity contribution is 0.158. The van der Waals surface area contributed by atoms with Gasteiger partial charge < -0.3 is 4.74 Å². The fourth-order valence-corrected chi connectivity index (χ4v) is 3.25. The van der Waals surface area contributed by atoms with Gasteiger partial charge in [-0.3, -0.25) is 9.27 Å². The first-order chi connectivity index (χ1) is 11.2. The zero-order valence-electron chi connectivity index (χ0n) is 13.6. The molecule has 0 fully saturated rings. The fraction of sp³-hybridized carbons (Fsp3) is 0.222. The zero-order valence-corrected chi connectivity index (χ0v) is 14.4. The molecular formula is C18H18FNO3S. The maximum atomic E-state index is 13.3. The maximum Gasteiger partial charge on any atom is 0.259 e. The van der Waals surface area contributed by atoms with Gasteiger partial charge in [0.05, 0.1) is 5.69 Å². The van der Waals surface area contributed by atoms with E-state index in [9.17, 15) is 8.60 Å². The van der Waals surface area contributed by atoms with Crippen LogP contribution in [0, 0.1) is 12.7 Å². The molecule has 0 bridgehead atoms. The molecule has 1 atom stereocenters. The van der Waals surface area contributed by atoms with Crippen LogP contribution < -0.4 is 9.46 Å². The Morgan fingerprint density at radius 3 is 2.50 bits per heavy atom. The molecule has 2 aromatic rings. The summed E-state index contributed by atoms with van der Waals surface area (Å²) >= 11 is -2.15. The van der Waals surface area contributed by atoms with E-state index >= 15 is 0 Å². The van der Waals surface area contributed by atoms with Crippen molar-refractivity contribution in [3.8, 4) is 5.75 Å². The molecule has 0 aliphatic carbocycles. The first-order valence-corrected chi connectivity index (χ1v) is 8.56. The van der Waals surface area contributed by atoms with Crippen LogP contribution in [0.15, 0.2) is 42.5 Å². The Kier molecular flexibility index (Phi) is 4.19. The molecule has 0 spiro atoms. The van der Waals surface area contributed by atoms with Crippen LogP contribution in [0.4, 0.5) is 10.1 Å². The minimum absolute atomic E-state index is 0.285. The van der Waals surface area contributed by atoms with Gasteiger partial charge in [0.2, 0.25) is 0 Å². The van der Waals surface area contributed by atoms with E-state index in [0.717, 1.165) is 22.3 Å². The molecule has 4 nitrogen and oxygen atoms in total. The van der Waals surface area contributed by atoms with Crippen molar-refractivity contribution in [2.24, 2.45) is 0 Å². The molecule has 0 radical (unpaired) electrons. The molecule has 126 valence electrons. The summed E-state index contributed by atoms with van der Waals surface area (Å²) in [6.07, 6.45) is 2.01. The van der Waals surface area contributed by atoms with Crippen LogP contribution in [-0.2, 0) is 11.3 Å². The molecular weight excluding hydrogens is 329 g/mol. The maximum absolute atomic E-state index is 13.3. The Morgan fingerprint density at radius 1 is 1.21 bits per heavy atom. The van der Waals surface area contributed by atoms with E-state index < -0.39 is 16.9 Å². The SMILES string of the molecule is Cc1cc(NS(=O)O)cc2c1C(c1ccc(F)cc1)=CC(C)(C)O2. The number of fused-ring (bicyclic) bond motifs is 1. The van der Waals surface area contributed by atoms with Crippen molar-refractivity contribution in [1.29, 1.82) is 0 Å². The molecule has 1 heterocycles. The molecule has 0 amide bonds. The summed E-state index contributed by atoms with van der Waals surface area (Å²) in [7, 11) is 0. The Bertz CT molecular complexity index is 844. The number of hydrogen-bond acceptors (Lipinski definition) is 2. The van der Waals surface area contributed by atoms with Crippen molar-refractivity contribution in [3.63, 3.8) is 0 Å². The summed E-state index contributed by atoms with van der Waals surface area (Å²) in [6, 6.07) is 9.82. The second-order valence-corrected chi connectivity index (χ2v) is 6.99. The number of benzene rings is 2. The van der Waals surface area contributed by atoms with Gasteiger partial charge in [-0.05, 0) is 61.7 Å². The molecule has 24 heavy (non-hydrogen) atoms. The van der Waals surface area contributed by atoms with E-state index in [4.69, 9.17) is 9.29 Å². The normalized spacial score (nSPS) is 16.6. The quantitative estimate of drug-likeness (QED) is 0.815. The van der Waals surface area contributed by atoms with Crippen LogP contribution in [0.3, 0.4) is 0 Å². The highest BCUT2D eigenvalue weighted by atomic mass is 32.2. The molecule has 2 N–H and O–H groups in total. The lowest BCUT2D eigenvalue weighted by Gasteiger charge is -2.32. The third-order valence-electron chi connectivity index (χ3n) is 3.79. The van der Waals surface area contributed by atoms with Crippen LogP contribution in [0.2, 0.25) is 0 Å². The highest BCUT2D eigenvalue weighted by Crippen LogP contribution is 2.42. The number of halogens is 1. The molecule has 6 heteroatoms. The lowest BCUT2D eigenvalue weighted by atomic mass is 9.87. The van der Waals surface area contributed by atoms with E-state index in [-0.39, 0.29) is 5.82 Å². The fourth-order valence-electron chi connectivity index (χ4n) is 2.93. The van der Waals surface area contributed by atoms with Crippen LogP contribution in [0.1, 0.15) is 30.5 Å². The molecule has 1 unspecified atom stereocenters. The Labute approximate surface area is 142 Å². The van der Waals surface area contributed by atoms with Gasteiger partial charge in [-0.15, -0.1) is 0 Å². The largest absolute Gasteiger partial charge is 0.483 e. The highest BCUT2D eigenvalue weighted by molar-refractivity contribution is 7.80. The van der Waals surface area contributed by atoms with E-state index in [2.05, 4.69) is 4.72 Å². The van der Waals surface area contributed by atoms with Gasteiger partial charge >= 0.3 is 0 Å². The Hall–Kier alpha value is -2.18. The molecule has 1 aliphatic heterocycles. The zero-order chi connectivity index (χ0) is 17.5. The van der Waals surface area contributed by atoms with Gasteiger partial charge in [0.1, 0.15) is 17.2 Å². The molecule has 0 saturated heterocycles.